The normalized spacial score (nSPS) is 14.9. The molecule has 7 N–H and O–H groups in total. The van der Waals surface area contributed by atoms with Gasteiger partial charge in [0.1, 0.15) is 18.1 Å². The fourth-order valence-corrected chi connectivity index (χ4v) is 3.67. The van der Waals surface area contributed by atoms with E-state index in [2.05, 4.69) is 20.9 Å². The molecule has 35 heavy (non-hydrogen) atoms. The van der Waals surface area contributed by atoms with Crippen LogP contribution in [0.25, 0.3) is 10.9 Å². The number of hydrogen-bond acceptors (Lipinski definition) is 5. The lowest BCUT2D eigenvalue weighted by Crippen LogP contribution is -2.57. The maximum Gasteiger partial charge on any atom is 0.326 e. The maximum absolute atomic E-state index is 13.2. The number of H-pyrrole nitrogens is 1. The molecule has 0 aliphatic heterocycles. The quantitative estimate of drug-likeness (QED) is 0.264. The molecule has 4 unspecified atom stereocenters. The number of amides is 3. The summed E-state index contributed by atoms with van der Waals surface area (Å²) in [5.74, 6) is -2.88. The van der Waals surface area contributed by atoms with E-state index in [0.717, 1.165) is 16.5 Å². The fraction of sp³-hybridized carbons (Fsp3) is 0.520. The molecule has 0 bridgehead atoms. The highest BCUT2D eigenvalue weighted by Gasteiger charge is 2.30. The second-order valence-electron chi connectivity index (χ2n) is 9.65. The van der Waals surface area contributed by atoms with Crippen LogP contribution in [0.3, 0.4) is 0 Å². The van der Waals surface area contributed by atoms with E-state index in [4.69, 9.17) is 5.73 Å². The monoisotopic (exact) mass is 487 g/mol. The molecule has 0 radical (unpaired) electrons. The summed E-state index contributed by atoms with van der Waals surface area (Å²) in [4.78, 5) is 53.2. The lowest BCUT2D eigenvalue weighted by Gasteiger charge is -2.24. The van der Waals surface area contributed by atoms with Gasteiger partial charge in [0, 0.05) is 23.5 Å². The Morgan fingerprint density at radius 2 is 1.54 bits per heavy atom. The van der Waals surface area contributed by atoms with E-state index in [0.29, 0.717) is 0 Å². The Hall–Kier alpha value is -3.40. The smallest absolute Gasteiger partial charge is 0.326 e. The van der Waals surface area contributed by atoms with Crippen molar-refractivity contribution >= 4 is 34.6 Å². The van der Waals surface area contributed by atoms with E-state index in [1.807, 2.05) is 38.1 Å². The Morgan fingerprint density at radius 1 is 0.914 bits per heavy atom. The minimum absolute atomic E-state index is 0.0402. The summed E-state index contributed by atoms with van der Waals surface area (Å²) in [5, 5.41) is 18.2. The molecule has 0 fully saturated rings. The van der Waals surface area contributed by atoms with Crippen LogP contribution >= 0.6 is 0 Å². The van der Waals surface area contributed by atoms with Crippen LogP contribution in [0.5, 0.6) is 0 Å². The Labute approximate surface area is 205 Å². The van der Waals surface area contributed by atoms with Crippen LogP contribution in [-0.4, -0.2) is 57.9 Å². The van der Waals surface area contributed by atoms with Gasteiger partial charge in [0.25, 0.3) is 0 Å². The first-order chi connectivity index (χ1) is 16.4. The lowest BCUT2D eigenvalue weighted by atomic mass is 10.0. The van der Waals surface area contributed by atoms with Crippen molar-refractivity contribution in [1.29, 1.82) is 0 Å². The largest absolute Gasteiger partial charge is 0.480 e. The van der Waals surface area contributed by atoms with Crippen molar-refractivity contribution in [2.24, 2.45) is 17.6 Å². The van der Waals surface area contributed by atoms with Gasteiger partial charge in [-0.3, -0.25) is 14.4 Å². The van der Waals surface area contributed by atoms with Crippen LogP contribution in [0, 0.1) is 11.8 Å². The molecule has 1 heterocycles. The summed E-state index contributed by atoms with van der Waals surface area (Å²) in [5.41, 5.74) is 7.52. The van der Waals surface area contributed by atoms with Gasteiger partial charge in [-0.1, -0.05) is 45.9 Å². The Morgan fingerprint density at radius 3 is 2.14 bits per heavy atom. The predicted molar refractivity (Wildman–Crippen MR) is 133 cm³/mol. The fourth-order valence-electron chi connectivity index (χ4n) is 3.67. The van der Waals surface area contributed by atoms with E-state index in [-0.39, 0.29) is 24.7 Å². The molecule has 4 atom stereocenters. The van der Waals surface area contributed by atoms with Crippen molar-refractivity contribution < 1.29 is 24.3 Å². The highest BCUT2D eigenvalue weighted by atomic mass is 16.4. The van der Waals surface area contributed by atoms with Gasteiger partial charge in [-0.25, -0.2) is 4.79 Å². The number of carboxylic acids is 1. The number of nitrogens with one attached hydrogen (secondary N) is 4. The first-order valence-electron chi connectivity index (χ1n) is 11.8. The number of aliphatic carboxylic acids is 1. The molecule has 10 heteroatoms. The van der Waals surface area contributed by atoms with Gasteiger partial charge < -0.3 is 31.8 Å². The third kappa shape index (κ3) is 7.81. The third-order valence-corrected chi connectivity index (χ3v) is 5.83. The number of aromatic nitrogens is 1. The van der Waals surface area contributed by atoms with Gasteiger partial charge in [0.05, 0.1) is 6.04 Å². The molecular weight excluding hydrogens is 450 g/mol. The molecule has 0 spiro atoms. The number of carbonyl (C=O) groups is 4. The molecule has 2 rings (SSSR count). The molecule has 1 aromatic heterocycles. The Kier molecular flexibility index (Phi) is 9.82. The first kappa shape index (κ1) is 27.8. The molecule has 3 amide bonds. The minimum atomic E-state index is -1.15. The number of carboxylic acid groups (broad SMARTS) is 1. The lowest BCUT2D eigenvalue weighted by molar-refractivity contribution is -0.142. The summed E-state index contributed by atoms with van der Waals surface area (Å²) in [7, 11) is 0. The second kappa shape index (κ2) is 12.3. The van der Waals surface area contributed by atoms with E-state index in [9.17, 15) is 24.3 Å². The third-order valence-electron chi connectivity index (χ3n) is 5.83. The highest BCUT2D eigenvalue weighted by Crippen LogP contribution is 2.19. The molecule has 2 aromatic rings. The van der Waals surface area contributed by atoms with Gasteiger partial charge in [0.2, 0.25) is 17.7 Å². The molecule has 10 nitrogen and oxygen atoms in total. The standard InChI is InChI=1S/C25H37N5O5/c1-13(2)10-20(25(34)35)30-23(32)19(11-16-12-27-18-9-7-6-8-17(16)18)29-22(31)15(5)28-24(33)21(26)14(3)4/h6-9,12-15,19-21,27H,10-11,26H2,1-5H3,(H,28,33)(H,29,31)(H,30,32)(H,34,35). The van der Waals surface area contributed by atoms with Crippen LogP contribution in [0.4, 0.5) is 0 Å². The number of hydrogen-bond donors (Lipinski definition) is 6. The van der Waals surface area contributed by atoms with Gasteiger partial charge in [-0.05, 0) is 36.8 Å². The average molecular weight is 488 g/mol. The van der Waals surface area contributed by atoms with Crippen LogP contribution in [-0.2, 0) is 25.6 Å². The summed E-state index contributed by atoms with van der Waals surface area (Å²) >= 11 is 0. The van der Waals surface area contributed by atoms with Gasteiger partial charge >= 0.3 is 5.97 Å². The van der Waals surface area contributed by atoms with Crippen molar-refractivity contribution in [3.8, 4) is 0 Å². The van der Waals surface area contributed by atoms with Crippen LogP contribution in [0.2, 0.25) is 0 Å². The molecule has 0 saturated carbocycles. The Bertz CT molecular complexity index is 1050. The Balaban J connectivity index is 2.23. The number of aromatic amines is 1. The average Bonchev–Trinajstić information content (AvgIpc) is 3.19. The number of benzene rings is 1. The minimum Gasteiger partial charge on any atom is -0.480 e. The maximum atomic E-state index is 13.2. The van der Waals surface area contributed by atoms with Gasteiger partial charge in [0.15, 0.2) is 0 Å². The number of fused-ring (bicyclic) bond motifs is 1. The van der Waals surface area contributed by atoms with E-state index in [1.54, 1.807) is 20.0 Å². The first-order valence-corrected chi connectivity index (χ1v) is 11.8. The molecule has 192 valence electrons. The summed E-state index contributed by atoms with van der Waals surface area (Å²) in [6, 6.07) is 3.66. The molecule has 0 saturated heterocycles. The van der Waals surface area contributed by atoms with Crippen LogP contribution < -0.4 is 21.7 Å². The van der Waals surface area contributed by atoms with Crippen molar-refractivity contribution in [3.63, 3.8) is 0 Å². The van der Waals surface area contributed by atoms with E-state index >= 15 is 0 Å². The van der Waals surface area contributed by atoms with E-state index < -0.39 is 47.9 Å². The summed E-state index contributed by atoms with van der Waals surface area (Å²) in [6.07, 6.45) is 2.13. The van der Waals surface area contributed by atoms with Crippen molar-refractivity contribution in [2.45, 2.75) is 71.6 Å². The van der Waals surface area contributed by atoms with E-state index in [1.165, 1.54) is 6.92 Å². The van der Waals surface area contributed by atoms with Gasteiger partial charge in [-0.15, -0.1) is 0 Å². The van der Waals surface area contributed by atoms with Crippen LogP contribution in [0.15, 0.2) is 30.5 Å². The van der Waals surface area contributed by atoms with Crippen LogP contribution in [0.1, 0.15) is 46.6 Å². The molecule has 0 aliphatic carbocycles. The second-order valence-corrected chi connectivity index (χ2v) is 9.65. The zero-order chi connectivity index (χ0) is 26.3. The predicted octanol–water partition coefficient (Wildman–Crippen LogP) is 1.30. The number of para-hydroxylation sites is 1. The molecular formula is C25H37N5O5. The number of carbonyl (C=O) groups excluding carboxylic acids is 3. The van der Waals surface area contributed by atoms with Crippen molar-refractivity contribution in [2.75, 3.05) is 0 Å². The topological polar surface area (TPSA) is 166 Å². The van der Waals surface area contributed by atoms with Crippen molar-refractivity contribution in [1.82, 2.24) is 20.9 Å². The number of rotatable bonds is 12. The van der Waals surface area contributed by atoms with Crippen molar-refractivity contribution in [3.05, 3.63) is 36.0 Å². The molecule has 0 aliphatic rings. The zero-order valence-electron chi connectivity index (χ0n) is 20.9. The highest BCUT2D eigenvalue weighted by molar-refractivity contribution is 5.94. The molecule has 1 aromatic carbocycles. The SMILES string of the molecule is CC(C)CC(NC(=O)C(Cc1c[nH]c2ccccc12)NC(=O)C(C)NC(=O)C(N)C(C)C)C(=O)O. The van der Waals surface area contributed by atoms with Gasteiger partial charge in [-0.2, -0.15) is 0 Å². The number of nitrogens with two attached hydrogens (primary N) is 1. The summed E-state index contributed by atoms with van der Waals surface area (Å²) in [6.45, 7) is 8.82. The summed E-state index contributed by atoms with van der Waals surface area (Å²) < 4.78 is 0. The zero-order valence-corrected chi connectivity index (χ0v) is 20.9.